The number of anilines is 1. The molecule has 7 heteroatoms. The number of nitrogens with zero attached hydrogens (tertiary/aromatic N) is 2. The zero-order valence-corrected chi connectivity index (χ0v) is 11.6. The summed E-state index contributed by atoms with van der Waals surface area (Å²) in [6, 6.07) is 3.39. The van der Waals surface area contributed by atoms with Crippen molar-refractivity contribution in [1.29, 1.82) is 0 Å². The van der Waals surface area contributed by atoms with Crippen LogP contribution in [0, 0.1) is 5.92 Å². The minimum Gasteiger partial charge on any atom is -0.357 e. The summed E-state index contributed by atoms with van der Waals surface area (Å²) in [5.74, 6) is -0.379. The lowest BCUT2D eigenvalue weighted by atomic mass is 9.96. The molecular weight excluding hydrogens is 300 g/mol. The van der Waals surface area contributed by atoms with E-state index in [2.05, 4.69) is 4.98 Å². The fourth-order valence-corrected chi connectivity index (χ4v) is 2.62. The summed E-state index contributed by atoms with van der Waals surface area (Å²) in [4.78, 5) is 6.12. The summed E-state index contributed by atoms with van der Waals surface area (Å²) in [6.07, 6.45) is -3.89. The maximum absolute atomic E-state index is 12.6. The van der Waals surface area contributed by atoms with Crippen LogP contribution in [-0.4, -0.2) is 24.2 Å². The fourth-order valence-electron chi connectivity index (χ4n) is 2.18. The van der Waals surface area contributed by atoms with Crippen LogP contribution in [0.3, 0.4) is 0 Å². The number of halogens is 5. The zero-order valence-electron chi connectivity index (χ0n) is 10.1. The zero-order chi connectivity index (χ0) is 14.0. The number of rotatable bonds is 2. The van der Waals surface area contributed by atoms with Crippen molar-refractivity contribution >= 4 is 29.0 Å². The minimum atomic E-state index is -4.10. The molecule has 0 N–H and O–H groups in total. The molecule has 1 aliphatic rings. The second-order valence-corrected chi connectivity index (χ2v) is 5.21. The molecule has 106 valence electrons. The van der Waals surface area contributed by atoms with Crippen LogP contribution < -0.4 is 4.90 Å². The monoisotopic (exact) mass is 312 g/mol. The van der Waals surface area contributed by atoms with Gasteiger partial charge in [0.05, 0.1) is 22.5 Å². The SMILES string of the molecule is FC(F)(F)C1CCN(c2ccc(Cl)c(CCl)n2)CC1. The van der Waals surface area contributed by atoms with Crippen molar-refractivity contribution in [2.75, 3.05) is 18.0 Å². The maximum atomic E-state index is 12.6. The Kier molecular flexibility index (Phi) is 4.46. The molecule has 2 nitrogen and oxygen atoms in total. The molecule has 0 unspecified atom stereocenters. The lowest BCUT2D eigenvalue weighted by molar-refractivity contribution is -0.179. The Morgan fingerprint density at radius 2 is 1.89 bits per heavy atom. The predicted molar refractivity (Wildman–Crippen MR) is 69.8 cm³/mol. The molecule has 0 aromatic carbocycles. The maximum Gasteiger partial charge on any atom is 0.391 e. The van der Waals surface area contributed by atoms with Crippen molar-refractivity contribution in [3.8, 4) is 0 Å². The highest BCUT2D eigenvalue weighted by Gasteiger charge is 2.41. The van der Waals surface area contributed by atoms with Gasteiger partial charge in [0.15, 0.2) is 0 Å². The van der Waals surface area contributed by atoms with Crippen LogP contribution in [0.15, 0.2) is 12.1 Å². The highest BCUT2D eigenvalue weighted by Crippen LogP contribution is 2.35. The molecule has 0 radical (unpaired) electrons. The molecule has 1 aromatic rings. The van der Waals surface area contributed by atoms with Crippen LogP contribution in [0.1, 0.15) is 18.5 Å². The molecule has 1 aromatic heterocycles. The van der Waals surface area contributed by atoms with Gasteiger partial charge < -0.3 is 4.90 Å². The molecule has 0 amide bonds. The van der Waals surface area contributed by atoms with Gasteiger partial charge in [0, 0.05) is 13.1 Å². The number of piperidine rings is 1. The van der Waals surface area contributed by atoms with Gasteiger partial charge in [-0.3, -0.25) is 0 Å². The smallest absolute Gasteiger partial charge is 0.357 e. The molecule has 0 atom stereocenters. The molecule has 1 aliphatic heterocycles. The second kappa shape index (κ2) is 5.75. The molecule has 1 fully saturated rings. The average Bonchev–Trinajstić information content (AvgIpc) is 2.38. The Hall–Kier alpha value is -0.680. The van der Waals surface area contributed by atoms with Crippen LogP contribution in [0.5, 0.6) is 0 Å². The van der Waals surface area contributed by atoms with Gasteiger partial charge in [0.1, 0.15) is 5.82 Å². The molecule has 2 rings (SSSR count). The molecule has 2 heterocycles. The summed E-state index contributed by atoms with van der Waals surface area (Å²) in [5.41, 5.74) is 0.554. The molecule has 0 aliphatic carbocycles. The summed E-state index contributed by atoms with van der Waals surface area (Å²) >= 11 is 11.6. The van der Waals surface area contributed by atoms with Gasteiger partial charge in [0.25, 0.3) is 0 Å². The Morgan fingerprint density at radius 3 is 2.42 bits per heavy atom. The summed E-state index contributed by atoms with van der Waals surface area (Å²) in [6.45, 7) is 0.696. The number of hydrogen-bond acceptors (Lipinski definition) is 2. The van der Waals surface area contributed by atoms with Crippen LogP contribution in [0.2, 0.25) is 5.02 Å². The summed E-state index contributed by atoms with van der Waals surface area (Å²) in [7, 11) is 0. The minimum absolute atomic E-state index is 0.101. The first kappa shape index (κ1) is 14.7. The third-order valence-corrected chi connectivity index (χ3v) is 3.91. The van der Waals surface area contributed by atoms with Crippen LogP contribution >= 0.6 is 23.2 Å². The van der Waals surface area contributed by atoms with E-state index in [0.29, 0.717) is 29.6 Å². The lowest BCUT2D eigenvalue weighted by Gasteiger charge is -2.33. The molecule has 0 saturated carbocycles. The number of alkyl halides is 4. The fraction of sp³-hybridized carbons (Fsp3) is 0.583. The van der Waals surface area contributed by atoms with E-state index in [9.17, 15) is 13.2 Å². The number of pyridine rings is 1. The number of aromatic nitrogens is 1. The quantitative estimate of drug-likeness (QED) is 0.759. The second-order valence-electron chi connectivity index (χ2n) is 4.53. The molecule has 0 spiro atoms. The first-order chi connectivity index (χ1) is 8.91. The van der Waals surface area contributed by atoms with Gasteiger partial charge in [-0.1, -0.05) is 11.6 Å². The third kappa shape index (κ3) is 3.45. The van der Waals surface area contributed by atoms with E-state index in [1.807, 2.05) is 4.90 Å². The normalized spacial score (nSPS) is 17.8. The predicted octanol–water partition coefficient (Wildman–Crippen LogP) is 4.25. The van der Waals surface area contributed by atoms with Gasteiger partial charge in [-0.2, -0.15) is 13.2 Å². The van der Waals surface area contributed by atoms with Gasteiger partial charge in [-0.25, -0.2) is 4.98 Å². The van der Waals surface area contributed by atoms with Gasteiger partial charge in [0.2, 0.25) is 0 Å². The molecule has 19 heavy (non-hydrogen) atoms. The molecule has 1 saturated heterocycles. The Bertz CT molecular complexity index is 443. The third-order valence-electron chi connectivity index (χ3n) is 3.31. The van der Waals surface area contributed by atoms with E-state index in [4.69, 9.17) is 23.2 Å². The van der Waals surface area contributed by atoms with Crippen molar-refractivity contribution in [1.82, 2.24) is 4.98 Å². The van der Waals surface area contributed by atoms with Crippen LogP contribution in [0.25, 0.3) is 0 Å². The topological polar surface area (TPSA) is 16.1 Å². The first-order valence-electron chi connectivity index (χ1n) is 5.95. The molecular formula is C12H13Cl2F3N2. The van der Waals surface area contributed by atoms with Crippen molar-refractivity contribution in [3.05, 3.63) is 22.8 Å². The number of hydrogen-bond donors (Lipinski definition) is 0. The summed E-state index contributed by atoms with van der Waals surface area (Å²) < 4.78 is 37.7. The van der Waals surface area contributed by atoms with Crippen molar-refractivity contribution < 1.29 is 13.2 Å². The van der Waals surface area contributed by atoms with E-state index in [1.54, 1.807) is 12.1 Å². The van der Waals surface area contributed by atoms with Gasteiger partial charge in [-0.05, 0) is 25.0 Å². The van der Waals surface area contributed by atoms with Crippen LogP contribution in [-0.2, 0) is 5.88 Å². The van der Waals surface area contributed by atoms with Crippen molar-refractivity contribution in [2.45, 2.75) is 24.9 Å². The van der Waals surface area contributed by atoms with Crippen molar-refractivity contribution in [3.63, 3.8) is 0 Å². The highest BCUT2D eigenvalue weighted by atomic mass is 35.5. The lowest BCUT2D eigenvalue weighted by Crippen LogP contribution is -2.39. The van der Waals surface area contributed by atoms with E-state index in [0.717, 1.165) is 0 Å². The van der Waals surface area contributed by atoms with Crippen molar-refractivity contribution in [2.24, 2.45) is 5.92 Å². The Labute approximate surface area is 119 Å². The Balaban J connectivity index is 2.05. The van der Waals surface area contributed by atoms with E-state index in [-0.39, 0.29) is 18.7 Å². The highest BCUT2D eigenvalue weighted by molar-refractivity contribution is 6.32. The van der Waals surface area contributed by atoms with Gasteiger partial charge in [-0.15, -0.1) is 11.6 Å². The van der Waals surface area contributed by atoms with E-state index < -0.39 is 12.1 Å². The first-order valence-corrected chi connectivity index (χ1v) is 6.86. The summed E-state index contributed by atoms with van der Waals surface area (Å²) in [5, 5.41) is 0.476. The standard InChI is InChI=1S/C12H13Cl2F3N2/c13-7-10-9(14)1-2-11(18-10)19-5-3-8(4-6-19)12(15,16)17/h1-2,8H,3-7H2. The largest absolute Gasteiger partial charge is 0.391 e. The Morgan fingerprint density at radius 1 is 1.26 bits per heavy atom. The van der Waals surface area contributed by atoms with E-state index in [1.165, 1.54) is 0 Å². The van der Waals surface area contributed by atoms with Gasteiger partial charge >= 0.3 is 6.18 Å². The van der Waals surface area contributed by atoms with Crippen LogP contribution in [0.4, 0.5) is 19.0 Å². The average molecular weight is 313 g/mol. The molecule has 0 bridgehead atoms. The van der Waals surface area contributed by atoms with E-state index >= 15 is 0 Å².